The minimum Gasteiger partial charge on any atom is -0.300 e. The summed E-state index contributed by atoms with van der Waals surface area (Å²) in [4.78, 5) is 77.1. The molecule has 1 rings (SSSR count). The second kappa shape index (κ2) is 8.32. The largest absolute Gasteiger partial charge is 0.300 e. The molecule has 4 unspecified atom stereocenters. The lowest BCUT2D eigenvalue weighted by Crippen LogP contribution is -2.71. The highest BCUT2D eigenvalue weighted by Crippen LogP contribution is 2.33. The van der Waals surface area contributed by atoms with Crippen LogP contribution in [0, 0.1) is 60.7 Å². The number of nitrogens with zero attached hydrogens (tertiary/aromatic N) is 6. The minimum atomic E-state index is -2.86. The van der Waals surface area contributed by atoms with Gasteiger partial charge in [-0.3, -0.25) is 20.2 Å². The highest BCUT2D eigenvalue weighted by atomic mass is 17.0. The molecule has 0 aromatic rings. The topological polar surface area (TPSA) is 296 Å². The van der Waals surface area contributed by atoms with Gasteiger partial charge in [-0.05, 0) is 0 Å². The molecule has 0 aromatic carbocycles. The lowest BCUT2D eigenvalue weighted by Gasteiger charge is -2.38. The minimum absolute atomic E-state index is 1.55. The van der Waals surface area contributed by atoms with Gasteiger partial charge in [-0.2, -0.15) is 0 Å². The van der Waals surface area contributed by atoms with Crippen molar-refractivity contribution >= 4 is 0 Å². The van der Waals surface area contributed by atoms with Crippen molar-refractivity contribution in [2.24, 2.45) is 0 Å². The first-order valence-corrected chi connectivity index (χ1v) is 6.38. The molecule has 1 saturated carbocycles. The van der Waals surface area contributed by atoms with Crippen molar-refractivity contribution in [3.63, 3.8) is 0 Å². The summed E-state index contributed by atoms with van der Waals surface area (Å²) in [6, 6.07) is -5.72. The molecule has 1 fully saturated rings. The third-order valence-corrected chi connectivity index (χ3v) is 3.31. The summed E-state index contributed by atoms with van der Waals surface area (Å²) in [5.74, 6) is 0. The molecule has 0 aliphatic heterocycles. The molecule has 0 radical (unpaired) electrons. The van der Waals surface area contributed by atoms with Crippen molar-refractivity contribution < 1.29 is 49.5 Å². The molecule has 1 aliphatic rings. The van der Waals surface area contributed by atoms with Crippen LogP contribution >= 0.6 is 0 Å². The van der Waals surface area contributed by atoms with E-state index in [1.807, 2.05) is 0 Å². The molecule has 22 nitrogen and oxygen atoms in total. The fraction of sp³-hybridized carbons (Fsp3) is 1.00. The van der Waals surface area contributed by atoms with E-state index in [-0.39, 0.29) is 0 Å². The molecular weight excluding hydrogens is 412 g/mol. The first-order valence-electron chi connectivity index (χ1n) is 6.38. The van der Waals surface area contributed by atoms with Crippen LogP contribution in [-0.4, -0.2) is 66.7 Å². The predicted octanol–water partition coefficient (Wildman–Crippen LogP) is -2.40. The van der Waals surface area contributed by atoms with Crippen molar-refractivity contribution in [1.82, 2.24) is 0 Å². The Balaban J connectivity index is 3.66. The Labute approximate surface area is 148 Å². The summed E-state index contributed by atoms with van der Waals surface area (Å²) >= 11 is 0. The molecule has 0 amide bonds. The van der Waals surface area contributed by atoms with E-state index in [0.717, 1.165) is 0 Å². The standard InChI is InChI=1S/C6H6N6O16/c13-7(14)1-3(25-9(17)18)5(27-11(21)22)2(8(15)16)6(28-12(23)24)4(1)26-10(19)20/h1-6H. The van der Waals surface area contributed by atoms with Crippen molar-refractivity contribution in [1.29, 1.82) is 0 Å². The molecule has 4 atom stereocenters. The Morgan fingerprint density at radius 1 is 0.429 bits per heavy atom. The first kappa shape index (κ1) is 21.6. The summed E-state index contributed by atoms with van der Waals surface area (Å²) in [7, 11) is 0. The second-order valence-electron chi connectivity index (χ2n) is 4.73. The molecule has 1 aliphatic carbocycles. The lowest BCUT2D eigenvalue weighted by atomic mass is 9.82. The van der Waals surface area contributed by atoms with Crippen LogP contribution in [0.2, 0.25) is 0 Å². The maximum atomic E-state index is 11.3. The van der Waals surface area contributed by atoms with Gasteiger partial charge in [0.1, 0.15) is 0 Å². The van der Waals surface area contributed by atoms with Crippen molar-refractivity contribution in [2.45, 2.75) is 36.5 Å². The third kappa shape index (κ3) is 4.82. The van der Waals surface area contributed by atoms with Crippen LogP contribution in [0.25, 0.3) is 0 Å². The van der Waals surface area contributed by atoms with Crippen molar-refractivity contribution in [3.05, 3.63) is 60.7 Å². The van der Waals surface area contributed by atoms with E-state index in [2.05, 4.69) is 19.4 Å². The van der Waals surface area contributed by atoms with Gasteiger partial charge in [0.05, 0.1) is 0 Å². The number of hydrogen-bond acceptors (Lipinski definition) is 16. The first-order chi connectivity index (χ1) is 12.9. The average Bonchev–Trinajstić information content (AvgIpc) is 2.48. The highest BCUT2D eigenvalue weighted by molar-refractivity contribution is 5.01. The summed E-state index contributed by atoms with van der Waals surface area (Å²) in [5.41, 5.74) is 0. The molecule has 0 bridgehead atoms. The van der Waals surface area contributed by atoms with Gasteiger partial charge in [-0.25, -0.2) is 0 Å². The fourth-order valence-corrected chi connectivity index (χ4v) is 2.52. The zero-order chi connectivity index (χ0) is 21.8. The zero-order valence-corrected chi connectivity index (χ0v) is 12.7. The average molecular weight is 418 g/mol. The van der Waals surface area contributed by atoms with Crippen LogP contribution in [0.15, 0.2) is 0 Å². The van der Waals surface area contributed by atoms with E-state index >= 15 is 0 Å². The van der Waals surface area contributed by atoms with Gasteiger partial charge < -0.3 is 19.4 Å². The van der Waals surface area contributed by atoms with Gasteiger partial charge in [-0.15, -0.1) is 40.5 Å². The van der Waals surface area contributed by atoms with E-state index < -0.39 is 66.7 Å². The summed E-state index contributed by atoms with van der Waals surface area (Å²) < 4.78 is 0. The van der Waals surface area contributed by atoms with Crippen molar-refractivity contribution in [3.8, 4) is 0 Å². The van der Waals surface area contributed by atoms with Gasteiger partial charge in [0, 0.05) is 9.85 Å². The van der Waals surface area contributed by atoms with Gasteiger partial charge >= 0.3 is 0 Å². The fourth-order valence-electron chi connectivity index (χ4n) is 2.52. The van der Waals surface area contributed by atoms with Gasteiger partial charge in [0.15, 0.2) is 0 Å². The molecule has 0 heterocycles. The van der Waals surface area contributed by atoms with E-state index in [9.17, 15) is 60.7 Å². The maximum Gasteiger partial charge on any atom is 0.295 e. The van der Waals surface area contributed by atoms with E-state index in [0.29, 0.717) is 0 Å². The monoisotopic (exact) mass is 418 g/mol. The lowest BCUT2D eigenvalue weighted by molar-refractivity contribution is -0.844. The Kier molecular flexibility index (Phi) is 6.43. The Bertz CT molecular complexity index is 593. The molecule has 22 heteroatoms. The van der Waals surface area contributed by atoms with E-state index in [1.165, 1.54) is 0 Å². The van der Waals surface area contributed by atoms with E-state index in [4.69, 9.17) is 0 Å². The molecule has 0 N–H and O–H groups in total. The smallest absolute Gasteiger partial charge is 0.295 e. The Hall–Kier alpha value is -4.40. The van der Waals surface area contributed by atoms with Crippen LogP contribution in [0.3, 0.4) is 0 Å². The Morgan fingerprint density at radius 3 is 0.714 bits per heavy atom. The molecule has 0 spiro atoms. The third-order valence-electron chi connectivity index (χ3n) is 3.31. The number of rotatable bonds is 10. The molecule has 0 aromatic heterocycles. The normalized spacial score (nSPS) is 29.0. The molecule has 0 saturated heterocycles. The van der Waals surface area contributed by atoms with Gasteiger partial charge in [0.25, 0.3) is 32.4 Å². The molecule has 156 valence electrons. The van der Waals surface area contributed by atoms with Crippen LogP contribution in [0.4, 0.5) is 0 Å². The summed E-state index contributed by atoms with van der Waals surface area (Å²) in [6.45, 7) is 0. The van der Waals surface area contributed by atoms with Crippen LogP contribution in [-0.2, 0) is 19.4 Å². The quantitative estimate of drug-likeness (QED) is 0.263. The number of nitro groups is 2. The maximum absolute atomic E-state index is 11.3. The van der Waals surface area contributed by atoms with E-state index in [1.54, 1.807) is 0 Å². The predicted molar refractivity (Wildman–Crippen MR) is 69.0 cm³/mol. The van der Waals surface area contributed by atoms with Crippen LogP contribution < -0.4 is 0 Å². The summed E-state index contributed by atoms with van der Waals surface area (Å²) in [6.07, 6.45) is -11.3. The number of hydrogen-bond donors (Lipinski definition) is 0. The van der Waals surface area contributed by atoms with Gasteiger partial charge in [0.2, 0.25) is 24.4 Å². The van der Waals surface area contributed by atoms with Gasteiger partial charge in [-0.1, -0.05) is 0 Å². The Morgan fingerprint density at radius 2 is 0.607 bits per heavy atom. The zero-order valence-electron chi connectivity index (χ0n) is 12.7. The second-order valence-corrected chi connectivity index (χ2v) is 4.73. The summed E-state index contributed by atoms with van der Waals surface area (Å²) in [5, 5.41) is 57.9. The molecule has 28 heavy (non-hydrogen) atoms. The highest BCUT2D eigenvalue weighted by Gasteiger charge is 2.68. The van der Waals surface area contributed by atoms with Crippen LogP contribution in [0.1, 0.15) is 0 Å². The molecular formula is C6H6N6O16. The van der Waals surface area contributed by atoms with Crippen molar-refractivity contribution in [2.75, 3.05) is 0 Å². The SMILES string of the molecule is O=[N+]([O-])OC1C(O[N+](=O)[O-])C([N+](=O)[O-])C(O[N+](=O)[O-])C(O[N+](=O)[O-])C1[N+](=O)[O-]. The van der Waals surface area contributed by atoms with Crippen LogP contribution in [0.5, 0.6) is 0 Å².